The zero-order valence-electron chi connectivity index (χ0n) is 23.9. The number of nitrogens with zero attached hydrogens (tertiary/aromatic N) is 2. The summed E-state index contributed by atoms with van der Waals surface area (Å²) in [6.07, 6.45) is 0.892. The second-order valence-electron chi connectivity index (χ2n) is 10.5. The molecule has 8 nitrogen and oxygen atoms in total. The monoisotopic (exact) mass is 553 g/mol. The molecule has 0 radical (unpaired) electrons. The van der Waals surface area contributed by atoms with Crippen LogP contribution in [-0.2, 0) is 10.3 Å². The highest BCUT2D eigenvalue weighted by Gasteiger charge is 2.60. The maximum atomic E-state index is 14.2. The van der Waals surface area contributed by atoms with E-state index in [1.165, 1.54) is 4.90 Å². The van der Waals surface area contributed by atoms with E-state index in [0.29, 0.717) is 49.3 Å². The highest BCUT2D eigenvalue weighted by Crippen LogP contribution is 2.51. The zero-order chi connectivity index (χ0) is 28.7. The van der Waals surface area contributed by atoms with Gasteiger partial charge in [-0.3, -0.25) is 4.79 Å². The van der Waals surface area contributed by atoms with Crippen LogP contribution in [0.15, 0.2) is 66.7 Å². The molecule has 3 heterocycles. The molecule has 1 N–H and O–H groups in total. The molecular weight excluding hydrogens is 518 g/mol. The number of anilines is 1. The molecule has 41 heavy (non-hydrogen) atoms. The molecule has 6 rings (SSSR count). The molecule has 0 spiro atoms. The van der Waals surface area contributed by atoms with E-state index in [1.807, 2.05) is 57.2 Å². The van der Waals surface area contributed by atoms with Crippen LogP contribution in [0.2, 0.25) is 0 Å². The number of hydrogen-bond acceptors (Lipinski definition) is 5. The van der Waals surface area contributed by atoms with Crippen molar-refractivity contribution in [3.63, 3.8) is 0 Å². The van der Waals surface area contributed by atoms with Crippen molar-refractivity contribution < 1.29 is 23.8 Å². The van der Waals surface area contributed by atoms with Crippen molar-refractivity contribution in [1.29, 1.82) is 0 Å². The third-order valence-corrected chi connectivity index (χ3v) is 8.07. The number of H-pyrrole nitrogens is 1. The molecule has 1 aromatic heterocycles. The van der Waals surface area contributed by atoms with E-state index in [0.717, 1.165) is 34.1 Å². The summed E-state index contributed by atoms with van der Waals surface area (Å²) in [6, 6.07) is 20.8. The van der Waals surface area contributed by atoms with Gasteiger partial charge in [-0.2, -0.15) is 0 Å². The van der Waals surface area contributed by atoms with E-state index in [2.05, 4.69) is 18.0 Å². The van der Waals surface area contributed by atoms with Crippen LogP contribution in [0.3, 0.4) is 0 Å². The number of amides is 3. The fourth-order valence-corrected chi connectivity index (χ4v) is 6.12. The molecular formula is C33H35N3O5. The van der Waals surface area contributed by atoms with Gasteiger partial charge in [-0.15, -0.1) is 0 Å². The van der Waals surface area contributed by atoms with Crippen molar-refractivity contribution in [1.82, 2.24) is 9.88 Å². The van der Waals surface area contributed by atoms with Gasteiger partial charge in [-0.25, -0.2) is 9.69 Å². The minimum absolute atomic E-state index is 0.189. The Bertz CT molecular complexity index is 1610. The lowest BCUT2D eigenvalue weighted by Crippen LogP contribution is -2.50. The topological polar surface area (TPSA) is 84.1 Å². The molecule has 0 bridgehead atoms. The number of aromatic amines is 1. The van der Waals surface area contributed by atoms with Gasteiger partial charge in [0.05, 0.1) is 31.2 Å². The van der Waals surface area contributed by atoms with Gasteiger partial charge in [0.25, 0.3) is 5.91 Å². The summed E-state index contributed by atoms with van der Waals surface area (Å²) in [5.41, 5.74) is 3.02. The van der Waals surface area contributed by atoms with E-state index in [9.17, 15) is 9.59 Å². The maximum Gasteiger partial charge on any atom is 0.332 e. The Labute approximate surface area is 239 Å². The standard InChI is InChI=1S/C33H35N3O5/c1-5-18-41-27-17-12-21(19-28(27)40-7-3)25-20-35-32(38)36(22-13-15-23(16-14-22)39-6-2)31(37)33(35,4)30-29(25)24-10-8-9-11-26(24)34-30/h8-17,19,25,34H,5-7,18,20H2,1-4H3/t25-,33+/m1/s1. The summed E-state index contributed by atoms with van der Waals surface area (Å²) < 4.78 is 17.5. The lowest BCUT2D eigenvalue weighted by atomic mass is 9.78. The average Bonchev–Trinajstić information content (AvgIpc) is 3.47. The number of carbonyl (C=O) groups excluding carboxylic acids is 2. The lowest BCUT2D eigenvalue weighted by Gasteiger charge is -2.40. The quantitative estimate of drug-likeness (QED) is 0.237. The maximum absolute atomic E-state index is 14.2. The molecule has 212 valence electrons. The van der Waals surface area contributed by atoms with Gasteiger partial charge >= 0.3 is 6.03 Å². The first-order valence-electron chi connectivity index (χ1n) is 14.3. The number of fused-ring (bicyclic) bond motifs is 5. The molecule has 2 aliphatic heterocycles. The average molecular weight is 554 g/mol. The summed E-state index contributed by atoms with van der Waals surface area (Å²) in [5.74, 6) is 1.59. The predicted octanol–water partition coefficient (Wildman–Crippen LogP) is 6.58. The Morgan fingerprint density at radius 3 is 2.39 bits per heavy atom. The minimum Gasteiger partial charge on any atom is -0.494 e. The van der Waals surface area contributed by atoms with Crippen LogP contribution in [0.25, 0.3) is 10.9 Å². The van der Waals surface area contributed by atoms with Crippen molar-refractivity contribution in [2.24, 2.45) is 0 Å². The zero-order valence-corrected chi connectivity index (χ0v) is 23.9. The van der Waals surface area contributed by atoms with Gasteiger partial charge in [-0.1, -0.05) is 31.2 Å². The molecule has 1 fully saturated rings. The van der Waals surface area contributed by atoms with Gasteiger partial charge < -0.3 is 24.1 Å². The number of hydrogen-bond donors (Lipinski definition) is 1. The number of urea groups is 1. The van der Waals surface area contributed by atoms with E-state index >= 15 is 0 Å². The Kier molecular flexibility index (Phi) is 6.85. The Balaban J connectivity index is 1.48. The Morgan fingerprint density at radius 1 is 0.902 bits per heavy atom. The van der Waals surface area contributed by atoms with Gasteiger partial charge in [0, 0.05) is 23.4 Å². The van der Waals surface area contributed by atoms with Crippen LogP contribution >= 0.6 is 0 Å². The minimum atomic E-state index is -1.19. The fourth-order valence-electron chi connectivity index (χ4n) is 6.12. The van der Waals surface area contributed by atoms with Crippen molar-refractivity contribution >= 4 is 28.5 Å². The van der Waals surface area contributed by atoms with E-state index in [1.54, 1.807) is 29.2 Å². The van der Waals surface area contributed by atoms with Crippen LogP contribution in [0, 0.1) is 0 Å². The number of para-hydroxylation sites is 1. The molecule has 3 aromatic carbocycles. The second kappa shape index (κ2) is 10.5. The second-order valence-corrected chi connectivity index (χ2v) is 10.5. The normalized spacial score (nSPS) is 19.9. The molecule has 0 aliphatic carbocycles. The van der Waals surface area contributed by atoms with Crippen molar-refractivity contribution in [3.8, 4) is 17.2 Å². The van der Waals surface area contributed by atoms with Crippen LogP contribution in [0.5, 0.6) is 17.2 Å². The molecule has 4 aromatic rings. The summed E-state index contributed by atoms with van der Waals surface area (Å²) in [4.78, 5) is 34.8. The molecule has 1 saturated heterocycles. The van der Waals surface area contributed by atoms with Gasteiger partial charge in [0.15, 0.2) is 17.0 Å². The number of carbonyl (C=O) groups is 2. The molecule has 8 heteroatoms. The van der Waals surface area contributed by atoms with Crippen molar-refractivity contribution in [3.05, 3.63) is 83.6 Å². The highest BCUT2D eigenvalue weighted by molar-refractivity contribution is 6.23. The third kappa shape index (κ3) is 4.20. The number of imide groups is 1. The summed E-state index contributed by atoms with van der Waals surface area (Å²) in [7, 11) is 0. The van der Waals surface area contributed by atoms with Gasteiger partial charge in [-0.05, 0) is 80.8 Å². The van der Waals surface area contributed by atoms with Crippen LogP contribution in [0.1, 0.15) is 56.9 Å². The summed E-state index contributed by atoms with van der Waals surface area (Å²) in [6.45, 7) is 9.75. The SMILES string of the molecule is CCCOc1ccc([C@H]2CN3C(=O)N(c4ccc(OCC)cc4)C(=O)[C@]3(C)c3[nH]c4ccccc4c32)cc1OCC. The molecule has 2 atom stereocenters. The van der Waals surface area contributed by atoms with Crippen molar-refractivity contribution in [2.75, 3.05) is 31.3 Å². The first kappa shape index (κ1) is 26.7. The smallest absolute Gasteiger partial charge is 0.332 e. The van der Waals surface area contributed by atoms with Crippen LogP contribution < -0.4 is 19.1 Å². The molecule has 2 aliphatic rings. The highest BCUT2D eigenvalue weighted by atomic mass is 16.5. The number of rotatable bonds is 9. The number of benzene rings is 3. The van der Waals surface area contributed by atoms with Crippen molar-refractivity contribution in [2.45, 2.75) is 45.6 Å². The number of aromatic nitrogens is 1. The Morgan fingerprint density at radius 2 is 1.66 bits per heavy atom. The third-order valence-electron chi connectivity index (χ3n) is 8.07. The number of ether oxygens (including phenoxy) is 3. The summed E-state index contributed by atoms with van der Waals surface area (Å²) >= 11 is 0. The first-order chi connectivity index (χ1) is 19.9. The summed E-state index contributed by atoms with van der Waals surface area (Å²) in [5, 5.41) is 1.04. The van der Waals surface area contributed by atoms with E-state index in [-0.39, 0.29) is 17.9 Å². The van der Waals surface area contributed by atoms with E-state index in [4.69, 9.17) is 14.2 Å². The lowest BCUT2D eigenvalue weighted by molar-refractivity contribution is -0.125. The Hall–Kier alpha value is -4.46. The predicted molar refractivity (Wildman–Crippen MR) is 158 cm³/mol. The number of nitrogens with one attached hydrogen (secondary N) is 1. The fraction of sp³-hybridized carbons (Fsp3) is 0.333. The first-order valence-corrected chi connectivity index (χ1v) is 14.3. The molecule has 3 amide bonds. The largest absolute Gasteiger partial charge is 0.494 e. The van der Waals surface area contributed by atoms with Gasteiger partial charge in [0.1, 0.15) is 5.75 Å². The van der Waals surface area contributed by atoms with E-state index < -0.39 is 5.54 Å². The van der Waals surface area contributed by atoms with Crippen LogP contribution in [0.4, 0.5) is 10.5 Å². The van der Waals surface area contributed by atoms with Gasteiger partial charge in [0.2, 0.25) is 0 Å². The van der Waals surface area contributed by atoms with Crippen LogP contribution in [-0.4, -0.2) is 48.2 Å². The molecule has 0 saturated carbocycles. The molecule has 0 unspecified atom stereocenters.